The highest BCUT2D eigenvalue weighted by Crippen LogP contribution is 2.52. The number of benzene rings is 1. The first kappa shape index (κ1) is 13.9. The number of fused-ring (bicyclic) bond motifs is 2. The van der Waals surface area contributed by atoms with Gasteiger partial charge in [0.05, 0.1) is 0 Å². The van der Waals surface area contributed by atoms with Crippen LogP contribution in [0, 0.1) is 10.8 Å². The second-order valence-corrected chi connectivity index (χ2v) is 8.09. The van der Waals surface area contributed by atoms with E-state index < -0.39 is 0 Å². The Morgan fingerprint density at radius 3 is 2.50 bits per heavy atom. The van der Waals surface area contributed by atoms with Crippen molar-refractivity contribution in [1.29, 1.82) is 0 Å². The zero-order chi connectivity index (χ0) is 14.5. The molecule has 1 aliphatic heterocycles. The van der Waals surface area contributed by atoms with Crippen molar-refractivity contribution in [3.63, 3.8) is 0 Å². The Hall–Kier alpha value is -1.02. The van der Waals surface area contributed by atoms with Crippen molar-refractivity contribution in [1.82, 2.24) is 4.90 Å². The van der Waals surface area contributed by atoms with E-state index in [9.17, 15) is 4.79 Å². The highest BCUT2D eigenvalue weighted by Gasteiger charge is 2.50. The highest BCUT2D eigenvalue weighted by molar-refractivity contribution is 6.30. The summed E-state index contributed by atoms with van der Waals surface area (Å²) in [6.45, 7) is 7.87. The maximum absolute atomic E-state index is 12.7. The Bertz CT molecular complexity index is 536. The average molecular weight is 292 g/mol. The smallest absolute Gasteiger partial charge is 0.254 e. The summed E-state index contributed by atoms with van der Waals surface area (Å²) in [6.07, 6.45) is 3.47. The minimum Gasteiger partial charge on any atom is -0.335 e. The van der Waals surface area contributed by atoms with Gasteiger partial charge in [-0.15, -0.1) is 0 Å². The minimum atomic E-state index is 0.160. The van der Waals surface area contributed by atoms with Gasteiger partial charge in [0.15, 0.2) is 0 Å². The molecule has 0 N–H and O–H groups in total. The van der Waals surface area contributed by atoms with Gasteiger partial charge in [-0.2, -0.15) is 0 Å². The number of amides is 1. The number of hydrogen-bond acceptors (Lipinski definition) is 1. The van der Waals surface area contributed by atoms with Gasteiger partial charge >= 0.3 is 0 Å². The SMILES string of the molecule is CC1(C)C[C@H]2C[C@@](C)(CN2C(=O)c2ccc(Cl)cc2)C1. The molecule has 0 spiro atoms. The van der Waals surface area contributed by atoms with E-state index in [2.05, 4.69) is 25.7 Å². The third kappa shape index (κ3) is 2.46. The maximum atomic E-state index is 12.7. The van der Waals surface area contributed by atoms with Crippen LogP contribution in [0.15, 0.2) is 24.3 Å². The summed E-state index contributed by atoms with van der Waals surface area (Å²) in [5.41, 5.74) is 1.38. The topological polar surface area (TPSA) is 20.3 Å². The van der Waals surface area contributed by atoms with Crippen molar-refractivity contribution >= 4 is 17.5 Å². The number of halogens is 1. The van der Waals surface area contributed by atoms with Gasteiger partial charge in [0.1, 0.15) is 0 Å². The molecule has 1 saturated carbocycles. The summed E-state index contributed by atoms with van der Waals surface area (Å²) < 4.78 is 0. The Kier molecular flexibility index (Phi) is 3.13. The molecule has 108 valence electrons. The van der Waals surface area contributed by atoms with Crippen LogP contribution in [0.4, 0.5) is 0 Å². The van der Waals surface area contributed by atoms with E-state index in [1.54, 1.807) is 12.1 Å². The van der Waals surface area contributed by atoms with E-state index in [-0.39, 0.29) is 11.3 Å². The summed E-state index contributed by atoms with van der Waals surface area (Å²) in [5, 5.41) is 0.676. The quantitative estimate of drug-likeness (QED) is 0.752. The predicted molar refractivity (Wildman–Crippen MR) is 82.0 cm³/mol. The van der Waals surface area contributed by atoms with Gasteiger partial charge in [0, 0.05) is 23.2 Å². The van der Waals surface area contributed by atoms with Crippen LogP contribution >= 0.6 is 11.6 Å². The lowest BCUT2D eigenvalue weighted by Crippen LogP contribution is -2.37. The van der Waals surface area contributed by atoms with Crippen molar-refractivity contribution in [3.05, 3.63) is 34.9 Å². The summed E-state index contributed by atoms with van der Waals surface area (Å²) in [6, 6.07) is 7.65. The molecule has 3 rings (SSSR count). The lowest BCUT2D eigenvalue weighted by atomic mass is 9.65. The molecule has 2 nitrogen and oxygen atoms in total. The molecule has 0 radical (unpaired) electrons. The second kappa shape index (κ2) is 4.49. The number of carbonyl (C=O) groups is 1. The summed E-state index contributed by atoms with van der Waals surface area (Å²) >= 11 is 5.90. The minimum absolute atomic E-state index is 0.160. The van der Waals surface area contributed by atoms with E-state index in [0.29, 0.717) is 16.5 Å². The molecule has 2 fully saturated rings. The van der Waals surface area contributed by atoms with Crippen molar-refractivity contribution in [3.8, 4) is 0 Å². The fraction of sp³-hybridized carbons (Fsp3) is 0.588. The number of likely N-dealkylation sites (tertiary alicyclic amines) is 1. The molecule has 1 aromatic carbocycles. The number of rotatable bonds is 1. The van der Waals surface area contributed by atoms with Crippen molar-refractivity contribution < 1.29 is 4.79 Å². The molecule has 2 aliphatic rings. The van der Waals surface area contributed by atoms with Crippen LogP contribution in [0.2, 0.25) is 5.02 Å². The molecule has 2 atom stereocenters. The van der Waals surface area contributed by atoms with E-state index >= 15 is 0 Å². The first-order valence-electron chi connectivity index (χ1n) is 7.35. The van der Waals surface area contributed by atoms with Gasteiger partial charge in [-0.1, -0.05) is 32.4 Å². The number of carbonyl (C=O) groups excluding carboxylic acids is 1. The number of nitrogens with zero attached hydrogens (tertiary/aromatic N) is 1. The standard InChI is InChI=1S/C17H22ClNO/c1-16(2)8-14-9-17(3,10-16)11-19(14)15(20)12-4-6-13(18)7-5-12/h4-7,14H,8-11H2,1-3H3/t14-,17+/m0/s1. The Balaban J connectivity index is 1.85. The number of hydrogen-bond donors (Lipinski definition) is 0. The normalized spacial score (nSPS) is 31.4. The maximum Gasteiger partial charge on any atom is 0.254 e. The van der Waals surface area contributed by atoms with Crippen LogP contribution in [-0.2, 0) is 0 Å². The van der Waals surface area contributed by atoms with Crippen LogP contribution in [0.1, 0.15) is 50.4 Å². The molecular formula is C17H22ClNO. The van der Waals surface area contributed by atoms with Gasteiger partial charge in [-0.05, 0) is 54.4 Å². The Labute approximate surface area is 126 Å². The lowest BCUT2D eigenvalue weighted by Gasteiger charge is -2.39. The zero-order valence-corrected chi connectivity index (χ0v) is 13.2. The molecule has 0 unspecified atom stereocenters. The van der Waals surface area contributed by atoms with Crippen molar-refractivity contribution in [2.45, 2.75) is 46.1 Å². The van der Waals surface area contributed by atoms with E-state index in [0.717, 1.165) is 24.9 Å². The molecule has 20 heavy (non-hydrogen) atoms. The Morgan fingerprint density at radius 1 is 1.20 bits per heavy atom. The Morgan fingerprint density at radius 2 is 1.85 bits per heavy atom. The van der Waals surface area contributed by atoms with E-state index in [4.69, 9.17) is 11.6 Å². The second-order valence-electron chi connectivity index (χ2n) is 7.65. The molecule has 0 aromatic heterocycles. The fourth-order valence-electron chi connectivity index (χ4n) is 4.46. The largest absolute Gasteiger partial charge is 0.335 e. The van der Waals surface area contributed by atoms with Crippen molar-refractivity contribution in [2.24, 2.45) is 10.8 Å². The fourth-order valence-corrected chi connectivity index (χ4v) is 4.58. The van der Waals surface area contributed by atoms with Gasteiger partial charge < -0.3 is 4.90 Å². The molecule has 1 heterocycles. The molecule has 1 amide bonds. The lowest BCUT2D eigenvalue weighted by molar-refractivity contribution is 0.0708. The van der Waals surface area contributed by atoms with Crippen molar-refractivity contribution in [2.75, 3.05) is 6.54 Å². The van der Waals surface area contributed by atoms with Gasteiger partial charge in [0.25, 0.3) is 5.91 Å². The highest BCUT2D eigenvalue weighted by atomic mass is 35.5. The summed E-state index contributed by atoms with van der Waals surface area (Å²) in [4.78, 5) is 14.8. The summed E-state index contributed by atoms with van der Waals surface area (Å²) in [5.74, 6) is 0.160. The molecule has 1 aliphatic carbocycles. The molecule has 1 saturated heterocycles. The van der Waals surface area contributed by atoms with E-state index in [1.807, 2.05) is 12.1 Å². The van der Waals surface area contributed by atoms with Gasteiger partial charge in [-0.25, -0.2) is 0 Å². The average Bonchev–Trinajstić information content (AvgIpc) is 2.58. The monoisotopic (exact) mass is 291 g/mol. The van der Waals surface area contributed by atoms with E-state index in [1.165, 1.54) is 6.42 Å². The zero-order valence-electron chi connectivity index (χ0n) is 12.4. The van der Waals surface area contributed by atoms with Crippen LogP contribution < -0.4 is 0 Å². The van der Waals surface area contributed by atoms with Crippen LogP contribution in [0.3, 0.4) is 0 Å². The molecule has 3 heteroatoms. The third-order valence-electron chi connectivity index (χ3n) is 4.77. The van der Waals surface area contributed by atoms with Crippen LogP contribution in [0.5, 0.6) is 0 Å². The summed E-state index contributed by atoms with van der Waals surface area (Å²) in [7, 11) is 0. The van der Waals surface area contributed by atoms with Crippen LogP contribution in [0.25, 0.3) is 0 Å². The molecule has 1 aromatic rings. The van der Waals surface area contributed by atoms with Gasteiger partial charge in [0.2, 0.25) is 0 Å². The third-order valence-corrected chi connectivity index (χ3v) is 5.02. The van der Waals surface area contributed by atoms with Crippen LogP contribution in [-0.4, -0.2) is 23.4 Å². The molecular weight excluding hydrogens is 270 g/mol. The first-order valence-corrected chi connectivity index (χ1v) is 7.72. The predicted octanol–water partition coefficient (Wildman–Crippen LogP) is 4.38. The molecule has 2 bridgehead atoms. The van der Waals surface area contributed by atoms with Gasteiger partial charge in [-0.3, -0.25) is 4.79 Å². The first-order chi connectivity index (χ1) is 9.28.